The van der Waals surface area contributed by atoms with Crippen LogP contribution in [0.25, 0.3) is 0 Å². The SMILES string of the molecule is CN(CC(=O)Nc1nccs1)Cc1cccc(C#N)c1. The second-order valence-corrected chi connectivity index (χ2v) is 5.26. The number of thiazole rings is 1. The van der Waals surface area contributed by atoms with Crippen molar-refractivity contribution in [1.29, 1.82) is 5.26 Å². The number of nitrogens with one attached hydrogen (secondary N) is 1. The van der Waals surface area contributed by atoms with Crippen molar-refractivity contribution in [3.05, 3.63) is 47.0 Å². The van der Waals surface area contributed by atoms with Crippen molar-refractivity contribution in [2.45, 2.75) is 6.54 Å². The summed E-state index contributed by atoms with van der Waals surface area (Å²) in [6, 6.07) is 9.48. The van der Waals surface area contributed by atoms with E-state index in [1.54, 1.807) is 12.3 Å². The van der Waals surface area contributed by atoms with Gasteiger partial charge in [-0.05, 0) is 24.7 Å². The van der Waals surface area contributed by atoms with Crippen LogP contribution in [0.3, 0.4) is 0 Å². The molecule has 0 bridgehead atoms. The van der Waals surface area contributed by atoms with Crippen LogP contribution in [0.5, 0.6) is 0 Å². The zero-order valence-electron chi connectivity index (χ0n) is 11.0. The van der Waals surface area contributed by atoms with E-state index >= 15 is 0 Å². The lowest BCUT2D eigenvalue weighted by Gasteiger charge is -2.15. The molecule has 1 amide bonds. The lowest BCUT2D eigenvalue weighted by molar-refractivity contribution is -0.117. The molecule has 0 spiro atoms. The van der Waals surface area contributed by atoms with Crippen molar-refractivity contribution in [1.82, 2.24) is 9.88 Å². The van der Waals surface area contributed by atoms with Gasteiger partial charge >= 0.3 is 0 Å². The van der Waals surface area contributed by atoms with Gasteiger partial charge in [0, 0.05) is 18.1 Å². The van der Waals surface area contributed by atoms with Crippen LogP contribution in [0.1, 0.15) is 11.1 Å². The third-order valence-electron chi connectivity index (χ3n) is 2.60. The zero-order chi connectivity index (χ0) is 14.4. The molecular weight excluding hydrogens is 272 g/mol. The molecule has 0 unspecified atom stereocenters. The van der Waals surface area contributed by atoms with Gasteiger partial charge in [0.15, 0.2) is 5.13 Å². The van der Waals surface area contributed by atoms with Crippen LogP contribution >= 0.6 is 11.3 Å². The van der Waals surface area contributed by atoms with E-state index in [0.717, 1.165) is 5.56 Å². The van der Waals surface area contributed by atoms with Gasteiger partial charge < -0.3 is 5.32 Å². The molecule has 20 heavy (non-hydrogen) atoms. The summed E-state index contributed by atoms with van der Waals surface area (Å²) in [4.78, 5) is 17.7. The van der Waals surface area contributed by atoms with E-state index in [0.29, 0.717) is 17.2 Å². The number of anilines is 1. The Balaban J connectivity index is 1.87. The van der Waals surface area contributed by atoms with Crippen molar-refractivity contribution >= 4 is 22.4 Å². The fourth-order valence-corrected chi connectivity index (χ4v) is 2.34. The minimum atomic E-state index is -0.0983. The average molecular weight is 286 g/mol. The van der Waals surface area contributed by atoms with Gasteiger partial charge in [0.05, 0.1) is 18.2 Å². The molecule has 0 atom stereocenters. The normalized spacial score (nSPS) is 10.2. The summed E-state index contributed by atoms with van der Waals surface area (Å²) in [6.07, 6.45) is 1.65. The molecule has 1 heterocycles. The van der Waals surface area contributed by atoms with Gasteiger partial charge in [-0.15, -0.1) is 11.3 Å². The number of carbonyl (C=O) groups excluding carboxylic acids is 1. The third kappa shape index (κ3) is 4.16. The van der Waals surface area contributed by atoms with E-state index in [4.69, 9.17) is 5.26 Å². The van der Waals surface area contributed by atoms with E-state index in [9.17, 15) is 4.79 Å². The number of hydrogen-bond donors (Lipinski definition) is 1. The number of likely N-dealkylation sites (N-methyl/N-ethyl adjacent to an activating group) is 1. The maximum atomic E-state index is 11.8. The Hall–Kier alpha value is -2.23. The Labute approximate surface area is 121 Å². The van der Waals surface area contributed by atoms with Crippen molar-refractivity contribution < 1.29 is 4.79 Å². The van der Waals surface area contributed by atoms with Crippen LogP contribution in [0.4, 0.5) is 5.13 Å². The number of benzene rings is 1. The van der Waals surface area contributed by atoms with Crippen molar-refractivity contribution in [3.63, 3.8) is 0 Å². The number of amides is 1. The van der Waals surface area contributed by atoms with Crippen LogP contribution in [0.2, 0.25) is 0 Å². The minimum absolute atomic E-state index is 0.0983. The van der Waals surface area contributed by atoms with Gasteiger partial charge in [-0.2, -0.15) is 5.26 Å². The summed E-state index contributed by atoms with van der Waals surface area (Å²) in [5.41, 5.74) is 1.64. The van der Waals surface area contributed by atoms with Crippen molar-refractivity contribution in [2.24, 2.45) is 0 Å². The molecule has 6 heteroatoms. The number of rotatable bonds is 5. The summed E-state index contributed by atoms with van der Waals surface area (Å²) in [5.74, 6) is -0.0983. The molecule has 0 saturated heterocycles. The quantitative estimate of drug-likeness (QED) is 0.913. The molecule has 0 aliphatic heterocycles. The molecule has 2 rings (SSSR count). The number of carbonyl (C=O) groups is 1. The Morgan fingerprint density at radius 1 is 1.55 bits per heavy atom. The summed E-state index contributed by atoms with van der Waals surface area (Å²) >= 11 is 1.39. The minimum Gasteiger partial charge on any atom is -0.301 e. The first kappa shape index (κ1) is 14.2. The van der Waals surface area contributed by atoms with E-state index in [1.165, 1.54) is 11.3 Å². The lowest BCUT2D eigenvalue weighted by atomic mass is 10.1. The third-order valence-corrected chi connectivity index (χ3v) is 3.29. The first-order valence-corrected chi connectivity index (χ1v) is 6.92. The summed E-state index contributed by atoms with van der Waals surface area (Å²) < 4.78 is 0. The molecule has 1 aromatic carbocycles. The highest BCUT2D eigenvalue weighted by Gasteiger charge is 2.08. The maximum absolute atomic E-state index is 11.8. The van der Waals surface area contributed by atoms with Gasteiger partial charge in [0.25, 0.3) is 0 Å². The van der Waals surface area contributed by atoms with Crippen molar-refractivity contribution in [3.8, 4) is 6.07 Å². The van der Waals surface area contributed by atoms with Gasteiger partial charge in [-0.25, -0.2) is 4.98 Å². The first-order chi connectivity index (χ1) is 9.67. The number of hydrogen-bond acceptors (Lipinski definition) is 5. The van der Waals surface area contributed by atoms with Crippen LogP contribution in [-0.4, -0.2) is 29.4 Å². The summed E-state index contributed by atoms with van der Waals surface area (Å²) in [6.45, 7) is 0.886. The molecule has 0 saturated carbocycles. The number of nitriles is 1. The molecule has 0 fully saturated rings. The highest BCUT2D eigenvalue weighted by Crippen LogP contribution is 2.10. The molecule has 1 aromatic heterocycles. The predicted octanol–water partition coefficient (Wildman–Crippen LogP) is 2.09. The maximum Gasteiger partial charge on any atom is 0.240 e. The number of aromatic nitrogens is 1. The Morgan fingerprint density at radius 2 is 2.40 bits per heavy atom. The molecule has 1 N–H and O–H groups in total. The topological polar surface area (TPSA) is 69.0 Å². The molecule has 5 nitrogen and oxygen atoms in total. The van der Waals surface area contributed by atoms with Gasteiger partial charge in [0.1, 0.15) is 0 Å². The summed E-state index contributed by atoms with van der Waals surface area (Å²) in [7, 11) is 1.86. The monoisotopic (exact) mass is 286 g/mol. The van der Waals surface area contributed by atoms with E-state index in [2.05, 4.69) is 16.4 Å². The molecule has 2 aromatic rings. The molecule has 0 aliphatic rings. The van der Waals surface area contributed by atoms with Crippen LogP contribution < -0.4 is 5.32 Å². The second-order valence-electron chi connectivity index (χ2n) is 4.37. The zero-order valence-corrected chi connectivity index (χ0v) is 11.9. The largest absolute Gasteiger partial charge is 0.301 e. The van der Waals surface area contributed by atoms with Crippen LogP contribution in [-0.2, 0) is 11.3 Å². The molecule has 0 aliphatic carbocycles. The van der Waals surface area contributed by atoms with Gasteiger partial charge in [-0.1, -0.05) is 12.1 Å². The Morgan fingerprint density at radius 3 is 3.10 bits per heavy atom. The lowest BCUT2D eigenvalue weighted by Crippen LogP contribution is -2.29. The molecule has 102 valence electrons. The second kappa shape index (κ2) is 6.80. The predicted molar refractivity (Wildman–Crippen MR) is 78.2 cm³/mol. The fourth-order valence-electron chi connectivity index (χ4n) is 1.80. The highest BCUT2D eigenvalue weighted by atomic mass is 32.1. The number of nitrogens with zero attached hydrogens (tertiary/aromatic N) is 3. The van der Waals surface area contributed by atoms with Crippen molar-refractivity contribution in [2.75, 3.05) is 18.9 Å². The molecular formula is C14H14N4OS. The average Bonchev–Trinajstić information content (AvgIpc) is 2.91. The van der Waals surface area contributed by atoms with Crippen LogP contribution in [0.15, 0.2) is 35.8 Å². The standard InChI is InChI=1S/C14H14N4OS/c1-18(9-12-4-2-3-11(7-12)8-15)10-13(19)17-14-16-5-6-20-14/h2-7H,9-10H2,1H3,(H,16,17,19). The van der Waals surface area contributed by atoms with E-state index in [-0.39, 0.29) is 12.5 Å². The van der Waals surface area contributed by atoms with Gasteiger partial charge in [0.2, 0.25) is 5.91 Å². The Kier molecular flexibility index (Phi) is 4.82. The van der Waals surface area contributed by atoms with E-state index < -0.39 is 0 Å². The highest BCUT2D eigenvalue weighted by molar-refractivity contribution is 7.13. The Bertz CT molecular complexity index is 618. The van der Waals surface area contributed by atoms with Crippen LogP contribution in [0, 0.1) is 11.3 Å². The molecule has 0 radical (unpaired) electrons. The fraction of sp³-hybridized carbons (Fsp3) is 0.214. The smallest absolute Gasteiger partial charge is 0.240 e. The van der Waals surface area contributed by atoms with Gasteiger partial charge in [-0.3, -0.25) is 9.69 Å². The van der Waals surface area contributed by atoms with E-state index in [1.807, 2.05) is 35.5 Å². The first-order valence-electron chi connectivity index (χ1n) is 6.04. The summed E-state index contributed by atoms with van der Waals surface area (Å²) in [5, 5.41) is 14.0.